The topological polar surface area (TPSA) is 80.3 Å². The third kappa shape index (κ3) is 3.99. The molecule has 0 aromatic carbocycles. The van der Waals surface area contributed by atoms with E-state index in [9.17, 15) is 0 Å². The first kappa shape index (κ1) is 11.5. The van der Waals surface area contributed by atoms with Gasteiger partial charge >= 0.3 is 0 Å². The molecular weight excluding hydrogens is 192 g/mol. The zero-order valence-electron chi connectivity index (χ0n) is 9.36. The van der Waals surface area contributed by atoms with E-state index in [2.05, 4.69) is 20.8 Å². The summed E-state index contributed by atoms with van der Waals surface area (Å²) in [6.07, 6.45) is 1.89. The molecule has 0 bridgehead atoms. The van der Waals surface area contributed by atoms with Crippen molar-refractivity contribution in [2.45, 2.75) is 26.4 Å². The fourth-order valence-corrected chi connectivity index (χ4v) is 1.11. The van der Waals surface area contributed by atoms with Gasteiger partial charge in [0.1, 0.15) is 0 Å². The van der Waals surface area contributed by atoms with E-state index in [1.807, 2.05) is 33.2 Å². The first-order valence-electron chi connectivity index (χ1n) is 4.88. The molecule has 0 radical (unpaired) electrons. The van der Waals surface area contributed by atoms with Crippen molar-refractivity contribution in [3.05, 3.63) is 18.0 Å². The van der Waals surface area contributed by atoms with Crippen LogP contribution in [0, 0.1) is 0 Å². The van der Waals surface area contributed by atoms with Gasteiger partial charge in [-0.25, -0.2) is 10.8 Å². The van der Waals surface area contributed by atoms with Gasteiger partial charge in [-0.2, -0.15) is 5.10 Å². The van der Waals surface area contributed by atoms with E-state index in [4.69, 9.17) is 5.84 Å². The molecule has 0 aliphatic heterocycles. The van der Waals surface area contributed by atoms with E-state index >= 15 is 0 Å². The van der Waals surface area contributed by atoms with E-state index in [0.29, 0.717) is 18.5 Å². The van der Waals surface area contributed by atoms with Gasteiger partial charge in [0.2, 0.25) is 5.96 Å². The van der Waals surface area contributed by atoms with Gasteiger partial charge in [0.15, 0.2) is 0 Å². The molecule has 0 aliphatic rings. The lowest BCUT2D eigenvalue weighted by Crippen LogP contribution is -2.44. The van der Waals surface area contributed by atoms with Crippen molar-refractivity contribution in [3.8, 4) is 0 Å². The number of hydrogen-bond acceptors (Lipinski definition) is 3. The molecule has 0 unspecified atom stereocenters. The van der Waals surface area contributed by atoms with Crippen LogP contribution in [0.15, 0.2) is 17.3 Å². The molecule has 0 aliphatic carbocycles. The maximum absolute atomic E-state index is 5.32. The highest BCUT2D eigenvalue weighted by Crippen LogP contribution is 1.95. The van der Waals surface area contributed by atoms with Crippen molar-refractivity contribution < 1.29 is 0 Å². The van der Waals surface area contributed by atoms with Gasteiger partial charge in [-0.05, 0) is 19.9 Å². The van der Waals surface area contributed by atoms with Crippen molar-refractivity contribution >= 4 is 5.96 Å². The van der Waals surface area contributed by atoms with Crippen LogP contribution in [0.5, 0.6) is 0 Å². The Balaban J connectivity index is 2.54. The summed E-state index contributed by atoms with van der Waals surface area (Å²) in [4.78, 5) is 4.26. The zero-order chi connectivity index (χ0) is 11.3. The van der Waals surface area contributed by atoms with Gasteiger partial charge in [0.05, 0.1) is 12.2 Å². The molecule has 6 heteroatoms. The van der Waals surface area contributed by atoms with E-state index in [0.717, 1.165) is 5.69 Å². The molecular formula is C9H18N6. The first-order chi connectivity index (χ1) is 7.11. The predicted molar refractivity (Wildman–Crippen MR) is 59.9 cm³/mol. The van der Waals surface area contributed by atoms with Crippen LogP contribution in [0.3, 0.4) is 0 Å². The third-order valence-corrected chi connectivity index (χ3v) is 1.73. The number of guanidine groups is 1. The summed E-state index contributed by atoms with van der Waals surface area (Å²) in [6.45, 7) is 4.56. The predicted octanol–water partition coefficient (Wildman–Crippen LogP) is -0.263. The number of rotatable bonds is 3. The summed E-state index contributed by atoms with van der Waals surface area (Å²) in [7, 11) is 1.88. The summed E-state index contributed by atoms with van der Waals surface area (Å²) in [5.74, 6) is 5.90. The number of aryl methyl sites for hydroxylation is 1. The second-order valence-electron chi connectivity index (χ2n) is 3.59. The molecule has 1 rings (SSSR count). The highest BCUT2D eigenvalue weighted by atomic mass is 15.3. The highest BCUT2D eigenvalue weighted by molar-refractivity contribution is 5.79. The number of hydrazine groups is 1. The minimum Gasteiger partial charge on any atom is -0.353 e. The van der Waals surface area contributed by atoms with Crippen molar-refractivity contribution in [1.82, 2.24) is 20.5 Å². The normalized spacial score (nSPS) is 11.9. The van der Waals surface area contributed by atoms with Gasteiger partial charge in [0.25, 0.3) is 0 Å². The van der Waals surface area contributed by atoms with Crippen LogP contribution in [0.1, 0.15) is 19.5 Å². The first-order valence-corrected chi connectivity index (χ1v) is 4.88. The van der Waals surface area contributed by atoms with Crippen LogP contribution < -0.4 is 16.6 Å². The van der Waals surface area contributed by atoms with E-state index in [1.54, 1.807) is 4.68 Å². The fraction of sp³-hybridized carbons (Fsp3) is 0.556. The average Bonchev–Trinajstić information content (AvgIpc) is 2.58. The van der Waals surface area contributed by atoms with Crippen molar-refractivity contribution in [3.63, 3.8) is 0 Å². The Labute approximate surface area is 89.5 Å². The van der Waals surface area contributed by atoms with Crippen LogP contribution in [0.2, 0.25) is 0 Å². The van der Waals surface area contributed by atoms with Crippen molar-refractivity contribution in [2.75, 3.05) is 0 Å². The van der Waals surface area contributed by atoms with E-state index in [-0.39, 0.29) is 0 Å². The molecule has 84 valence electrons. The molecule has 0 saturated carbocycles. The maximum atomic E-state index is 5.32. The monoisotopic (exact) mass is 210 g/mol. The summed E-state index contributed by atoms with van der Waals surface area (Å²) < 4.78 is 1.75. The molecule has 1 aromatic rings. The highest BCUT2D eigenvalue weighted by Gasteiger charge is 1.99. The maximum Gasteiger partial charge on any atom is 0.206 e. The summed E-state index contributed by atoms with van der Waals surface area (Å²) in [6, 6.07) is 2.22. The molecule has 6 nitrogen and oxygen atoms in total. The van der Waals surface area contributed by atoms with Gasteiger partial charge in [-0.3, -0.25) is 10.1 Å². The number of nitrogens with zero attached hydrogens (tertiary/aromatic N) is 3. The Morgan fingerprint density at radius 2 is 2.40 bits per heavy atom. The lowest BCUT2D eigenvalue weighted by molar-refractivity contribution is 0.698. The lowest BCUT2D eigenvalue weighted by Gasteiger charge is -2.11. The third-order valence-electron chi connectivity index (χ3n) is 1.73. The van der Waals surface area contributed by atoms with E-state index in [1.165, 1.54) is 0 Å². The molecule has 4 N–H and O–H groups in total. The van der Waals surface area contributed by atoms with Crippen LogP contribution in [0.4, 0.5) is 0 Å². The van der Waals surface area contributed by atoms with E-state index < -0.39 is 0 Å². The van der Waals surface area contributed by atoms with Crippen LogP contribution >= 0.6 is 0 Å². The molecule has 0 amide bonds. The number of aromatic nitrogens is 2. The molecule has 0 spiro atoms. The molecule has 1 heterocycles. The average molecular weight is 210 g/mol. The second kappa shape index (κ2) is 5.35. The minimum atomic E-state index is 0.295. The van der Waals surface area contributed by atoms with Crippen LogP contribution in [-0.2, 0) is 13.6 Å². The van der Waals surface area contributed by atoms with Crippen molar-refractivity contribution in [2.24, 2.45) is 17.9 Å². The second-order valence-corrected chi connectivity index (χ2v) is 3.59. The lowest BCUT2D eigenvalue weighted by atomic mass is 10.4. The zero-order valence-corrected chi connectivity index (χ0v) is 9.36. The minimum absolute atomic E-state index is 0.295. The Morgan fingerprint density at radius 3 is 2.87 bits per heavy atom. The molecule has 15 heavy (non-hydrogen) atoms. The Morgan fingerprint density at radius 1 is 1.67 bits per heavy atom. The largest absolute Gasteiger partial charge is 0.353 e. The Bertz CT molecular complexity index is 327. The Hall–Kier alpha value is -1.56. The van der Waals surface area contributed by atoms with Gasteiger partial charge < -0.3 is 5.32 Å². The quantitative estimate of drug-likeness (QED) is 0.278. The van der Waals surface area contributed by atoms with Gasteiger partial charge in [-0.1, -0.05) is 0 Å². The fourth-order valence-electron chi connectivity index (χ4n) is 1.11. The van der Waals surface area contributed by atoms with Gasteiger partial charge in [-0.15, -0.1) is 0 Å². The number of hydrogen-bond donors (Lipinski definition) is 3. The molecule has 0 saturated heterocycles. The summed E-state index contributed by atoms with van der Waals surface area (Å²) in [5, 5.41) is 7.30. The number of aliphatic imine (C=N–C) groups is 1. The van der Waals surface area contributed by atoms with Crippen LogP contribution in [0.25, 0.3) is 0 Å². The Kier molecular flexibility index (Phi) is 4.11. The number of nitrogens with two attached hydrogens (primary N) is 1. The smallest absolute Gasteiger partial charge is 0.206 e. The molecule has 1 aromatic heterocycles. The SMILES string of the molecule is CC(C)NC(=NCc1ccn(C)n1)NN. The van der Waals surface area contributed by atoms with Crippen LogP contribution in [-0.4, -0.2) is 21.8 Å². The number of nitrogens with one attached hydrogen (secondary N) is 2. The summed E-state index contributed by atoms with van der Waals surface area (Å²) >= 11 is 0. The standard InChI is InChI=1S/C9H18N6/c1-7(2)12-9(13-10)11-6-8-4-5-15(3)14-8/h4-5,7H,6,10H2,1-3H3,(H2,11,12,13). The molecule has 0 atom stereocenters. The van der Waals surface area contributed by atoms with Crippen molar-refractivity contribution in [1.29, 1.82) is 0 Å². The summed E-state index contributed by atoms with van der Waals surface area (Å²) in [5.41, 5.74) is 3.43. The van der Waals surface area contributed by atoms with Gasteiger partial charge in [0, 0.05) is 19.3 Å². The molecule has 0 fully saturated rings.